The van der Waals surface area contributed by atoms with Gasteiger partial charge in [0.2, 0.25) is 0 Å². The molecule has 1 saturated carbocycles. The smallest absolute Gasteiger partial charge is 0.0836 e. The summed E-state index contributed by atoms with van der Waals surface area (Å²) in [4.78, 5) is 0. The molecule has 0 radical (unpaired) electrons. The van der Waals surface area contributed by atoms with E-state index in [1.54, 1.807) is 0 Å². The Kier molecular flexibility index (Phi) is 3.09. The second-order valence-corrected chi connectivity index (χ2v) is 3.15. The van der Waals surface area contributed by atoms with Crippen molar-refractivity contribution in [3.63, 3.8) is 0 Å². The van der Waals surface area contributed by atoms with Crippen LogP contribution in [0, 0.1) is 0 Å². The van der Waals surface area contributed by atoms with Crippen molar-refractivity contribution in [1.29, 1.82) is 0 Å². The molecule has 2 atom stereocenters. The molecule has 0 aromatic heterocycles. The van der Waals surface area contributed by atoms with Gasteiger partial charge in [-0.25, -0.2) is 0 Å². The van der Waals surface area contributed by atoms with Crippen LogP contribution in [0.5, 0.6) is 0 Å². The predicted molar refractivity (Wildman–Crippen MR) is 44.2 cm³/mol. The maximum atomic E-state index is 9.28. The second kappa shape index (κ2) is 3.88. The monoisotopic (exact) mass is 156 g/mol. The minimum Gasteiger partial charge on any atom is -0.390 e. The summed E-state index contributed by atoms with van der Waals surface area (Å²) >= 11 is 0. The van der Waals surface area contributed by atoms with E-state index in [4.69, 9.17) is 0 Å². The van der Waals surface area contributed by atoms with E-state index in [9.17, 15) is 10.2 Å². The minimum absolute atomic E-state index is 0.496. The van der Waals surface area contributed by atoms with E-state index >= 15 is 0 Å². The molecule has 2 unspecified atom stereocenters. The van der Waals surface area contributed by atoms with E-state index in [-0.39, 0.29) is 0 Å². The highest BCUT2D eigenvalue weighted by Gasteiger charge is 2.22. The third-order valence-electron chi connectivity index (χ3n) is 2.17. The molecule has 1 aliphatic carbocycles. The lowest BCUT2D eigenvalue weighted by molar-refractivity contribution is 0.00402. The fourth-order valence-electron chi connectivity index (χ4n) is 1.51. The van der Waals surface area contributed by atoms with Crippen molar-refractivity contribution in [3.8, 4) is 0 Å². The Morgan fingerprint density at radius 1 is 1.45 bits per heavy atom. The molecule has 1 fully saturated rings. The van der Waals surface area contributed by atoms with Crippen LogP contribution in [0.3, 0.4) is 0 Å². The number of aliphatic hydroxyl groups is 2. The maximum absolute atomic E-state index is 9.28. The Balaban J connectivity index is 2.46. The Morgan fingerprint density at radius 2 is 2.18 bits per heavy atom. The van der Waals surface area contributed by atoms with Crippen molar-refractivity contribution in [1.82, 2.24) is 0 Å². The summed E-state index contributed by atoms with van der Waals surface area (Å²) in [6.07, 6.45) is 4.48. The number of hydrogen-bond donors (Lipinski definition) is 2. The van der Waals surface area contributed by atoms with Gasteiger partial charge < -0.3 is 10.2 Å². The third kappa shape index (κ3) is 2.31. The van der Waals surface area contributed by atoms with Gasteiger partial charge in [-0.05, 0) is 25.7 Å². The lowest BCUT2D eigenvalue weighted by Crippen LogP contribution is -2.30. The average molecular weight is 156 g/mol. The number of aliphatic hydroxyl groups excluding tert-OH is 2. The normalized spacial score (nSPS) is 36.1. The molecule has 0 spiro atoms. The van der Waals surface area contributed by atoms with Crippen LogP contribution in [-0.2, 0) is 0 Å². The zero-order chi connectivity index (χ0) is 8.27. The molecule has 11 heavy (non-hydrogen) atoms. The van der Waals surface area contributed by atoms with E-state index in [0.717, 1.165) is 12.8 Å². The molecule has 2 nitrogen and oxygen atoms in total. The summed E-state index contributed by atoms with van der Waals surface area (Å²) in [6.45, 7) is 2.09. The van der Waals surface area contributed by atoms with Crippen LogP contribution in [-0.4, -0.2) is 22.4 Å². The fraction of sp³-hybridized carbons (Fsp3) is 0.778. The largest absolute Gasteiger partial charge is 0.390 e. The molecule has 2 heteroatoms. The van der Waals surface area contributed by atoms with Gasteiger partial charge in [0.05, 0.1) is 12.2 Å². The van der Waals surface area contributed by atoms with Crippen LogP contribution in [0.2, 0.25) is 0 Å². The van der Waals surface area contributed by atoms with Crippen molar-refractivity contribution < 1.29 is 10.2 Å². The molecule has 0 aliphatic heterocycles. The molecule has 0 heterocycles. The van der Waals surface area contributed by atoms with Gasteiger partial charge in [0, 0.05) is 0 Å². The van der Waals surface area contributed by atoms with Gasteiger partial charge in [-0.3, -0.25) is 0 Å². The maximum Gasteiger partial charge on any atom is 0.0836 e. The van der Waals surface area contributed by atoms with Crippen LogP contribution in [0.1, 0.15) is 32.6 Å². The second-order valence-electron chi connectivity index (χ2n) is 3.15. The van der Waals surface area contributed by atoms with Gasteiger partial charge in [-0.15, -0.1) is 0 Å². The van der Waals surface area contributed by atoms with Crippen molar-refractivity contribution in [3.05, 3.63) is 11.6 Å². The first-order valence-electron chi connectivity index (χ1n) is 4.28. The molecule has 0 bridgehead atoms. The lowest BCUT2D eigenvalue weighted by atomic mass is 9.90. The molecular formula is C9H16O2. The highest BCUT2D eigenvalue weighted by molar-refractivity contribution is 5.07. The highest BCUT2D eigenvalue weighted by Crippen LogP contribution is 2.23. The average Bonchev–Trinajstić information content (AvgIpc) is 1.98. The molecule has 0 amide bonds. The molecule has 1 rings (SSSR count). The number of rotatable bonds is 1. The minimum atomic E-state index is -0.526. The van der Waals surface area contributed by atoms with Gasteiger partial charge in [-0.1, -0.05) is 18.6 Å². The van der Waals surface area contributed by atoms with Crippen molar-refractivity contribution in [2.24, 2.45) is 0 Å². The highest BCUT2D eigenvalue weighted by atomic mass is 16.3. The van der Waals surface area contributed by atoms with Crippen molar-refractivity contribution in [2.75, 3.05) is 0 Å². The molecule has 0 aromatic carbocycles. The van der Waals surface area contributed by atoms with Crippen LogP contribution >= 0.6 is 0 Å². The fourth-order valence-corrected chi connectivity index (χ4v) is 1.51. The van der Waals surface area contributed by atoms with E-state index in [1.165, 1.54) is 5.57 Å². The molecule has 0 aromatic rings. The van der Waals surface area contributed by atoms with E-state index in [0.29, 0.717) is 12.8 Å². The molecule has 1 aliphatic rings. The summed E-state index contributed by atoms with van der Waals surface area (Å²) in [7, 11) is 0. The Bertz CT molecular complexity index is 152. The standard InChI is InChI=1S/C9H16O2/c1-2-3-7-4-5-8(10)9(11)6-7/h3,8-11H,2,4-6H2,1H3. The number of allylic oxidation sites excluding steroid dienone is 1. The summed E-state index contributed by atoms with van der Waals surface area (Å²) in [5.41, 5.74) is 1.30. The van der Waals surface area contributed by atoms with Crippen LogP contribution < -0.4 is 0 Å². The topological polar surface area (TPSA) is 40.5 Å². The Hall–Kier alpha value is -0.340. The first-order chi connectivity index (χ1) is 5.24. The predicted octanol–water partition coefficient (Wildman–Crippen LogP) is 1.23. The van der Waals surface area contributed by atoms with E-state index in [1.807, 2.05) is 0 Å². The van der Waals surface area contributed by atoms with Gasteiger partial charge >= 0.3 is 0 Å². The van der Waals surface area contributed by atoms with Crippen LogP contribution in [0.15, 0.2) is 11.6 Å². The quantitative estimate of drug-likeness (QED) is 0.560. The zero-order valence-corrected chi connectivity index (χ0v) is 6.95. The lowest BCUT2D eigenvalue weighted by Gasteiger charge is -2.25. The first kappa shape index (κ1) is 8.75. The third-order valence-corrected chi connectivity index (χ3v) is 2.17. The van der Waals surface area contributed by atoms with Crippen molar-refractivity contribution >= 4 is 0 Å². The van der Waals surface area contributed by atoms with Crippen molar-refractivity contribution in [2.45, 2.75) is 44.8 Å². The summed E-state index contributed by atoms with van der Waals surface area (Å²) < 4.78 is 0. The van der Waals surface area contributed by atoms with Gasteiger partial charge in [0.1, 0.15) is 0 Å². The Morgan fingerprint density at radius 3 is 2.73 bits per heavy atom. The van der Waals surface area contributed by atoms with Crippen LogP contribution in [0.4, 0.5) is 0 Å². The molecule has 0 saturated heterocycles. The summed E-state index contributed by atoms with van der Waals surface area (Å²) in [5, 5.41) is 18.5. The molecular weight excluding hydrogens is 140 g/mol. The SMILES string of the molecule is CCC=C1CCC(O)C(O)C1. The summed E-state index contributed by atoms with van der Waals surface area (Å²) in [6, 6.07) is 0. The van der Waals surface area contributed by atoms with Gasteiger partial charge in [0.15, 0.2) is 0 Å². The molecule has 2 N–H and O–H groups in total. The van der Waals surface area contributed by atoms with E-state index < -0.39 is 12.2 Å². The van der Waals surface area contributed by atoms with Gasteiger partial charge in [-0.2, -0.15) is 0 Å². The number of hydrogen-bond acceptors (Lipinski definition) is 2. The van der Waals surface area contributed by atoms with Crippen LogP contribution in [0.25, 0.3) is 0 Å². The Labute approximate surface area is 67.6 Å². The van der Waals surface area contributed by atoms with E-state index in [2.05, 4.69) is 13.0 Å². The zero-order valence-electron chi connectivity index (χ0n) is 6.95. The first-order valence-corrected chi connectivity index (χ1v) is 4.28. The summed E-state index contributed by atoms with van der Waals surface area (Å²) in [5.74, 6) is 0. The van der Waals surface area contributed by atoms with Gasteiger partial charge in [0.25, 0.3) is 0 Å². The molecule has 64 valence electrons.